The maximum Gasteiger partial charge on any atom is 0.253 e. The standard InChI is InChI=1S/C10H12BrNO2S2/c1-3-7-12(8-4-2)16(13,14)10-6-5-9(11)15-10/h1,5-6H,4,7-8H2,2H3. The Kier molecular flexibility index (Phi) is 4.99. The van der Waals surface area contributed by atoms with Gasteiger partial charge >= 0.3 is 0 Å². The summed E-state index contributed by atoms with van der Waals surface area (Å²) in [6.45, 7) is 2.48. The molecule has 1 heterocycles. The zero-order valence-corrected chi connectivity index (χ0v) is 12.0. The third-order valence-corrected chi connectivity index (χ3v) is 5.82. The van der Waals surface area contributed by atoms with Crippen LogP contribution < -0.4 is 0 Å². The molecule has 0 amide bonds. The molecule has 0 spiro atoms. The smallest absolute Gasteiger partial charge is 0.206 e. The lowest BCUT2D eigenvalue weighted by atomic mass is 10.5. The second kappa shape index (κ2) is 5.82. The fourth-order valence-corrected chi connectivity index (χ4v) is 4.81. The molecule has 0 saturated carbocycles. The molecule has 0 saturated heterocycles. The Morgan fingerprint density at radius 3 is 2.69 bits per heavy atom. The van der Waals surface area contributed by atoms with Gasteiger partial charge in [-0.2, -0.15) is 4.31 Å². The van der Waals surface area contributed by atoms with Crippen molar-refractivity contribution in [3.63, 3.8) is 0 Å². The van der Waals surface area contributed by atoms with Gasteiger partial charge < -0.3 is 0 Å². The minimum Gasteiger partial charge on any atom is -0.206 e. The van der Waals surface area contributed by atoms with Gasteiger partial charge in [-0.3, -0.25) is 0 Å². The first-order chi connectivity index (χ1) is 7.52. The predicted octanol–water partition coefficient (Wildman–Crippen LogP) is 2.54. The van der Waals surface area contributed by atoms with E-state index in [1.54, 1.807) is 12.1 Å². The molecule has 88 valence electrons. The molecular formula is C10H12BrNO2S2. The second-order valence-electron chi connectivity index (χ2n) is 3.10. The minimum atomic E-state index is -3.43. The van der Waals surface area contributed by atoms with Crippen LogP contribution in [-0.2, 0) is 10.0 Å². The van der Waals surface area contributed by atoms with Crippen LogP contribution >= 0.6 is 27.3 Å². The van der Waals surface area contributed by atoms with Crippen molar-refractivity contribution >= 4 is 37.3 Å². The number of rotatable bonds is 5. The number of halogens is 1. The van der Waals surface area contributed by atoms with Gasteiger partial charge in [-0.25, -0.2) is 8.42 Å². The van der Waals surface area contributed by atoms with Gasteiger partial charge in [-0.15, -0.1) is 17.8 Å². The van der Waals surface area contributed by atoms with Gasteiger partial charge in [-0.05, 0) is 34.5 Å². The molecule has 0 atom stereocenters. The van der Waals surface area contributed by atoms with Crippen molar-refractivity contribution in [1.29, 1.82) is 0 Å². The molecule has 0 aliphatic rings. The maximum atomic E-state index is 12.1. The Labute approximate surface area is 109 Å². The maximum absolute atomic E-state index is 12.1. The van der Waals surface area contributed by atoms with E-state index in [2.05, 4.69) is 21.9 Å². The van der Waals surface area contributed by atoms with Gasteiger partial charge in [0.2, 0.25) is 0 Å². The summed E-state index contributed by atoms with van der Waals surface area (Å²) in [5, 5.41) is 0. The number of terminal acetylenes is 1. The first-order valence-electron chi connectivity index (χ1n) is 4.71. The Hall–Kier alpha value is -0.350. The summed E-state index contributed by atoms with van der Waals surface area (Å²) in [5.41, 5.74) is 0. The van der Waals surface area contributed by atoms with Crippen molar-refractivity contribution in [2.45, 2.75) is 17.6 Å². The zero-order chi connectivity index (χ0) is 12.2. The number of thiophene rings is 1. The highest BCUT2D eigenvalue weighted by Gasteiger charge is 2.24. The average Bonchev–Trinajstić information content (AvgIpc) is 2.65. The summed E-state index contributed by atoms with van der Waals surface area (Å²) in [7, 11) is -3.43. The van der Waals surface area contributed by atoms with E-state index >= 15 is 0 Å². The van der Waals surface area contributed by atoms with Gasteiger partial charge in [0, 0.05) is 6.54 Å². The van der Waals surface area contributed by atoms with Crippen molar-refractivity contribution in [3.8, 4) is 12.3 Å². The molecule has 1 aromatic heterocycles. The largest absolute Gasteiger partial charge is 0.253 e. The summed E-state index contributed by atoms with van der Waals surface area (Å²) in [5.74, 6) is 2.37. The average molecular weight is 322 g/mol. The fraction of sp³-hybridized carbons (Fsp3) is 0.400. The van der Waals surface area contributed by atoms with Crippen molar-refractivity contribution in [2.75, 3.05) is 13.1 Å². The number of hydrogen-bond donors (Lipinski definition) is 0. The molecule has 0 aromatic carbocycles. The van der Waals surface area contributed by atoms with Crippen LogP contribution in [0.15, 0.2) is 20.1 Å². The van der Waals surface area contributed by atoms with E-state index in [1.807, 2.05) is 6.92 Å². The van der Waals surface area contributed by atoms with Gasteiger partial charge in [0.05, 0.1) is 10.3 Å². The van der Waals surface area contributed by atoms with E-state index in [0.29, 0.717) is 10.8 Å². The molecule has 0 bridgehead atoms. The van der Waals surface area contributed by atoms with Gasteiger partial charge in [0.15, 0.2) is 0 Å². The van der Waals surface area contributed by atoms with Crippen LogP contribution in [0, 0.1) is 12.3 Å². The molecular weight excluding hydrogens is 310 g/mol. The fourth-order valence-electron chi connectivity index (χ4n) is 1.20. The third-order valence-electron chi connectivity index (χ3n) is 1.88. The summed E-state index contributed by atoms with van der Waals surface area (Å²) in [6, 6.07) is 3.31. The SMILES string of the molecule is C#CCN(CCC)S(=O)(=O)c1ccc(Br)s1. The van der Waals surface area contributed by atoms with Crippen molar-refractivity contribution in [1.82, 2.24) is 4.31 Å². The molecule has 0 radical (unpaired) electrons. The molecule has 3 nitrogen and oxygen atoms in total. The van der Waals surface area contributed by atoms with E-state index < -0.39 is 10.0 Å². The minimum absolute atomic E-state index is 0.117. The highest BCUT2D eigenvalue weighted by atomic mass is 79.9. The zero-order valence-electron chi connectivity index (χ0n) is 8.81. The highest BCUT2D eigenvalue weighted by Crippen LogP contribution is 2.28. The first-order valence-corrected chi connectivity index (χ1v) is 7.76. The molecule has 0 aliphatic heterocycles. The molecule has 0 unspecified atom stereocenters. The Balaban J connectivity index is 3.03. The van der Waals surface area contributed by atoms with Crippen LogP contribution in [0.3, 0.4) is 0 Å². The molecule has 6 heteroatoms. The molecule has 0 aliphatic carbocycles. The van der Waals surface area contributed by atoms with E-state index in [9.17, 15) is 8.42 Å². The number of hydrogen-bond acceptors (Lipinski definition) is 3. The summed E-state index contributed by atoms with van der Waals surface area (Å²) in [6.07, 6.45) is 5.92. The predicted molar refractivity (Wildman–Crippen MR) is 69.9 cm³/mol. The monoisotopic (exact) mass is 321 g/mol. The summed E-state index contributed by atoms with van der Waals surface area (Å²) < 4.78 is 26.7. The van der Waals surface area contributed by atoms with Crippen LogP contribution in [0.25, 0.3) is 0 Å². The van der Waals surface area contributed by atoms with E-state index in [4.69, 9.17) is 6.42 Å². The van der Waals surface area contributed by atoms with Gasteiger partial charge in [0.1, 0.15) is 4.21 Å². The van der Waals surface area contributed by atoms with E-state index in [-0.39, 0.29) is 6.54 Å². The highest BCUT2D eigenvalue weighted by molar-refractivity contribution is 9.11. The molecule has 0 fully saturated rings. The lowest BCUT2D eigenvalue weighted by Gasteiger charge is -2.17. The van der Waals surface area contributed by atoms with Gasteiger partial charge in [0.25, 0.3) is 10.0 Å². The van der Waals surface area contributed by atoms with Crippen LogP contribution in [-0.4, -0.2) is 25.8 Å². The normalized spacial score (nSPS) is 11.6. The van der Waals surface area contributed by atoms with Crippen LogP contribution in [0.1, 0.15) is 13.3 Å². The second-order valence-corrected chi connectivity index (χ2v) is 7.73. The number of nitrogens with zero attached hydrogens (tertiary/aromatic N) is 1. The molecule has 16 heavy (non-hydrogen) atoms. The van der Waals surface area contributed by atoms with Crippen molar-refractivity contribution in [2.24, 2.45) is 0 Å². The van der Waals surface area contributed by atoms with E-state index in [1.165, 1.54) is 15.6 Å². The lowest BCUT2D eigenvalue weighted by molar-refractivity contribution is 0.447. The topological polar surface area (TPSA) is 37.4 Å². The Morgan fingerprint density at radius 2 is 2.25 bits per heavy atom. The van der Waals surface area contributed by atoms with Crippen LogP contribution in [0.4, 0.5) is 0 Å². The molecule has 1 aromatic rings. The molecule has 1 rings (SSSR count). The quantitative estimate of drug-likeness (QED) is 0.781. The van der Waals surface area contributed by atoms with Gasteiger partial charge in [-0.1, -0.05) is 12.8 Å². The van der Waals surface area contributed by atoms with Crippen molar-refractivity contribution < 1.29 is 8.42 Å². The first kappa shape index (κ1) is 13.7. The van der Waals surface area contributed by atoms with Crippen molar-refractivity contribution in [3.05, 3.63) is 15.9 Å². The third kappa shape index (κ3) is 3.08. The summed E-state index contributed by atoms with van der Waals surface area (Å²) in [4.78, 5) is 0. The Morgan fingerprint density at radius 1 is 1.56 bits per heavy atom. The van der Waals surface area contributed by atoms with Crippen LogP contribution in [0.2, 0.25) is 0 Å². The van der Waals surface area contributed by atoms with Crippen LogP contribution in [0.5, 0.6) is 0 Å². The summed E-state index contributed by atoms with van der Waals surface area (Å²) >= 11 is 4.44. The molecule has 0 N–H and O–H groups in total. The Bertz CT molecular complexity index is 487. The lowest BCUT2D eigenvalue weighted by Crippen LogP contribution is -2.31. The van der Waals surface area contributed by atoms with E-state index in [0.717, 1.165) is 10.2 Å². The number of sulfonamides is 1.